The molecule has 0 heterocycles. The number of nitrogens with one attached hydrogen (secondary N) is 1. The molecule has 0 saturated heterocycles. The first-order valence-electron chi connectivity index (χ1n) is 6.52. The van der Waals surface area contributed by atoms with Crippen molar-refractivity contribution in [2.45, 2.75) is 6.92 Å². The molecule has 0 bridgehead atoms. The molecule has 0 aromatic heterocycles. The summed E-state index contributed by atoms with van der Waals surface area (Å²) in [5.41, 5.74) is 4.15. The third-order valence-corrected chi connectivity index (χ3v) is 3.99. The summed E-state index contributed by atoms with van der Waals surface area (Å²) in [6.45, 7) is 1.73. The lowest BCUT2D eigenvalue weighted by Gasteiger charge is -2.07. The smallest absolute Gasteiger partial charge is 0.277 e. The predicted octanol–water partition coefficient (Wildman–Crippen LogP) is 4.13. The number of benzene rings is 2. The van der Waals surface area contributed by atoms with Crippen LogP contribution in [0.1, 0.15) is 12.5 Å². The van der Waals surface area contributed by atoms with Gasteiger partial charge in [0.05, 0.1) is 10.2 Å². The SMILES string of the molecule is CC(=NNC(=O)COc1ccccc1Br)c1ccc(Br)cc1. The molecule has 1 N–H and O–H groups in total. The van der Waals surface area contributed by atoms with Gasteiger partial charge in [-0.05, 0) is 52.7 Å². The van der Waals surface area contributed by atoms with Crippen LogP contribution in [0, 0.1) is 0 Å². The van der Waals surface area contributed by atoms with Crippen molar-refractivity contribution < 1.29 is 9.53 Å². The Labute approximate surface area is 145 Å². The van der Waals surface area contributed by atoms with E-state index in [4.69, 9.17) is 4.74 Å². The number of para-hydroxylation sites is 1. The van der Waals surface area contributed by atoms with Crippen LogP contribution in [0.15, 0.2) is 62.6 Å². The molecular formula is C16H14Br2N2O2. The number of carbonyl (C=O) groups excluding carboxylic acids is 1. The van der Waals surface area contributed by atoms with Gasteiger partial charge < -0.3 is 4.74 Å². The number of hydrogen-bond donors (Lipinski definition) is 1. The molecule has 114 valence electrons. The maximum Gasteiger partial charge on any atom is 0.277 e. The topological polar surface area (TPSA) is 50.7 Å². The minimum absolute atomic E-state index is 0.0975. The number of hydrazone groups is 1. The van der Waals surface area contributed by atoms with E-state index in [9.17, 15) is 4.79 Å². The van der Waals surface area contributed by atoms with E-state index in [0.717, 1.165) is 20.2 Å². The van der Waals surface area contributed by atoms with Gasteiger partial charge in [-0.15, -0.1) is 0 Å². The molecule has 0 fully saturated rings. The predicted molar refractivity (Wildman–Crippen MR) is 94.1 cm³/mol. The van der Waals surface area contributed by atoms with Crippen LogP contribution in [0.2, 0.25) is 0 Å². The van der Waals surface area contributed by atoms with Crippen LogP contribution in [0.5, 0.6) is 5.75 Å². The van der Waals surface area contributed by atoms with E-state index in [1.54, 1.807) is 6.07 Å². The number of ether oxygens (including phenoxy) is 1. The van der Waals surface area contributed by atoms with Crippen LogP contribution in [0.3, 0.4) is 0 Å². The second-order valence-electron chi connectivity index (χ2n) is 4.46. The lowest BCUT2D eigenvalue weighted by molar-refractivity contribution is -0.123. The molecule has 0 atom stereocenters. The van der Waals surface area contributed by atoms with Crippen LogP contribution in [0.4, 0.5) is 0 Å². The highest BCUT2D eigenvalue weighted by Gasteiger charge is 2.05. The van der Waals surface area contributed by atoms with Crippen molar-refractivity contribution in [1.29, 1.82) is 0 Å². The highest BCUT2D eigenvalue weighted by atomic mass is 79.9. The van der Waals surface area contributed by atoms with E-state index in [1.165, 1.54) is 0 Å². The van der Waals surface area contributed by atoms with Crippen LogP contribution in [0.25, 0.3) is 0 Å². The molecule has 0 aliphatic carbocycles. The van der Waals surface area contributed by atoms with Gasteiger partial charge >= 0.3 is 0 Å². The zero-order chi connectivity index (χ0) is 15.9. The molecule has 0 spiro atoms. The Morgan fingerprint density at radius 2 is 1.82 bits per heavy atom. The normalized spacial score (nSPS) is 11.1. The molecule has 2 aromatic rings. The molecule has 0 unspecified atom stereocenters. The van der Waals surface area contributed by atoms with Crippen LogP contribution in [-0.4, -0.2) is 18.2 Å². The number of nitrogens with zero attached hydrogens (tertiary/aromatic N) is 1. The number of carbonyl (C=O) groups is 1. The average molecular weight is 426 g/mol. The monoisotopic (exact) mass is 424 g/mol. The van der Waals surface area contributed by atoms with Gasteiger partial charge in [0.1, 0.15) is 5.75 Å². The van der Waals surface area contributed by atoms with Gasteiger partial charge in [-0.1, -0.05) is 40.2 Å². The van der Waals surface area contributed by atoms with Crippen molar-refractivity contribution >= 4 is 43.5 Å². The summed E-state index contributed by atoms with van der Waals surface area (Å²) < 4.78 is 7.22. The minimum Gasteiger partial charge on any atom is -0.483 e. The van der Waals surface area contributed by atoms with Crippen LogP contribution < -0.4 is 10.2 Å². The quantitative estimate of drug-likeness (QED) is 0.578. The van der Waals surface area contributed by atoms with Gasteiger partial charge in [0.2, 0.25) is 0 Å². The van der Waals surface area contributed by atoms with Crippen molar-refractivity contribution in [3.8, 4) is 5.75 Å². The standard InChI is InChI=1S/C16H14Br2N2O2/c1-11(12-6-8-13(17)9-7-12)19-20-16(21)10-22-15-5-3-2-4-14(15)18/h2-9H,10H2,1H3,(H,20,21). The Morgan fingerprint density at radius 3 is 2.50 bits per heavy atom. The van der Waals surface area contributed by atoms with Crippen molar-refractivity contribution in [3.05, 3.63) is 63.0 Å². The molecule has 1 amide bonds. The summed E-state index contributed by atoms with van der Waals surface area (Å²) in [4.78, 5) is 11.8. The Bertz CT molecular complexity index is 685. The molecule has 0 radical (unpaired) electrons. The van der Waals surface area contributed by atoms with Gasteiger partial charge in [-0.2, -0.15) is 5.10 Å². The van der Waals surface area contributed by atoms with E-state index in [2.05, 4.69) is 42.4 Å². The maximum absolute atomic E-state index is 11.8. The summed E-state index contributed by atoms with van der Waals surface area (Å²) in [5.74, 6) is 0.304. The first kappa shape index (κ1) is 16.7. The number of rotatable bonds is 5. The first-order valence-corrected chi connectivity index (χ1v) is 8.11. The zero-order valence-corrected chi connectivity index (χ0v) is 15.0. The van der Waals surface area contributed by atoms with Crippen LogP contribution in [-0.2, 0) is 4.79 Å². The molecule has 2 aromatic carbocycles. The molecule has 0 saturated carbocycles. The number of halogens is 2. The van der Waals surface area contributed by atoms with E-state index in [-0.39, 0.29) is 12.5 Å². The van der Waals surface area contributed by atoms with Crippen molar-refractivity contribution in [1.82, 2.24) is 5.43 Å². The largest absolute Gasteiger partial charge is 0.483 e. The van der Waals surface area contributed by atoms with Crippen molar-refractivity contribution in [2.75, 3.05) is 6.61 Å². The Kier molecular flexibility index (Phi) is 6.15. The number of amides is 1. The summed E-state index contributed by atoms with van der Waals surface area (Å²) in [7, 11) is 0. The summed E-state index contributed by atoms with van der Waals surface area (Å²) in [5, 5.41) is 4.07. The Hall–Kier alpha value is -1.66. The lowest BCUT2D eigenvalue weighted by Crippen LogP contribution is -2.25. The van der Waals surface area contributed by atoms with Gasteiger partial charge in [-0.25, -0.2) is 5.43 Å². The average Bonchev–Trinajstić information content (AvgIpc) is 2.52. The second kappa shape index (κ2) is 8.10. The molecule has 2 rings (SSSR count). The fourth-order valence-corrected chi connectivity index (χ4v) is 2.30. The van der Waals surface area contributed by atoms with Crippen LogP contribution >= 0.6 is 31.9 Å². The van der Waals surface area contributed by atoms with E-state index < -0.39 is 0 Å². The molecule has 4 nitrogen and oxygen atoms in total. The van der Waals surface area contributed by atoms with E-state index in [0.29, 0.717) is 5.75 Å². The Morgan fingerprint density at radius 1 is 1.14 bits per heavy atom. The fourth-order valence-electron chi connectivity index (χ4n) is 1.64. The van der Waals surface area contributed by atoms with Crippen molar-refractivity contribution in [2.24, 2.45) is 5.10 Å². The van der Waals surface area contributed by atoms with Crippen molar-refractivity contribution in [3.63, 3.8) is 0 Å². The molecule has 0 aliphatic heterocycles. The lowest BCUT2D eigenvalue weighted by atomic mass is 10.1. The third kappa shape index (κ3) is 4.96. The zero-order valence-electron chi connectivity index (χ0n) is 11.8. The molecule has 22 heavy (non-hydrogen) atoms. The van der Waals surface area contributed by atoms with E-state index >= 15 is 0 Å². The van der Waals surface area contributed by atoms with E-state index in [1.807, 2.05) is 49.4 Å². The Balaban J connectivity index is 1.88. The highest BCUT2D eigenvalue weighted by molar-refractivity contribution is 9.10. The van der Waals surface area contributed by atoms with Gasteiger partial charge in [-0.3, -0.25) is 4.79 Å². The van der Waals surface area contributed by atoms with Gasteiger partial charge in [0.25, 0.3) is 5.91 Å². The fraction of sp³-hybridized carbons (Fsp3) is 0.125. The second-order valence-corrected chi connectivity index (χ2v) is 6.23. The maximum atomic E-state index is 11.8. The highest BCUT2D eigenvalue weighted by Crippen LogP contribution is 2.23. The summed E-state index contributed by atoms with van der Waals surface area (Å²) in [6.07, 6.45) is 0. The molecule has 0 aliphatic rings. The third-order valence-electron chi connectivity index (χ3n) is 2.81. The number of hydrogen-bond acceptors (Lipinski definition) is 3. The minimum atomic E-state index is -0.313. The summed E-state index contributed by atoms with van der Waals surface area (Å²) in [6, 6.07) is 15.0. The summed E-state index contributed by atoms with van der Waals surface area (Å²) >= 11 is 6.73. The van der Waals surface area contributed by atoms with Gasteiger partial charge in [0, 0.05) is 4.47 Å². The van der Waals surface area contributed by atoms with Gasteiger partial charge in [0.15, 0.2) is 6.61 Å². The first-order chi connectivity index (χ1) is 10.6. The molecule has 6 heteroatoms. The molecular weight excluding hydrogens is 412 g/mol.